The van der Waals surface area contributed by atoms with E-state index in [1.165, 1.54) is 0 Å². The fourth-order valence-electron chi connectivity index (χ4n) is 2.51. The van der Waals surface area contributed by atoms with Gasteiger partial charge in [0, 0.05) is 11.4 Å². The van der Waals surface area contributed by atoms with Gasteiger partial charge in [-0.2, -0.15) is 0 Å². The van der Waals surface area contributed by atoms with Gasteiger partial charge in [0.1, 0.15) is 5.58 Å². The standard InChI is InChI=1S/C15H15NO4/c1-8-3-2-4-9-7-12(20-13(8)9)14(17)16-11-5-10(6-11)15(18)19/h2-4,7,10-11H,5-6H2,1H3,(H,16,17)(H,18,19). The summed E-state index contributed by atoms with van der Waals surface area (Å²) in [5.74, 6) is -1.14. The Hall–Kier alpha value is -2.30. The molecular formula is C15H15NO4. The molecule has 1 amide bonds. The Morgan fingerprint density at radius 3 is 2.75 bits per heavy atom. The quantitative estimate of drug-likeness (QED) is 0.899. The number of fused-ring (bicyclic) bond motifs is 1. The number of aliphatic carboxylic acids is 1. The van der Waals surface area contributed by atoms with Gasteiger partial charge in [0.05, 0.1) is 5.92 Å². The van der Waals surface area contributed by atoms with Gasteiger partial charge in [0.2, 0.25) is 0 Å². The van der Waals surface area contributed by atoms with Gasteiger partial charge < -0.3 is 14.8 Å². The number of rotatable bonds is 3. The molecule has 0 radical (unpaired) electrons. The lowest BCUT2D eigenvalue weighted by Crippen LogP contribution is -2.46. The van der Waals surface area contributed by atoms with Crippen molar-refractivity contribution in [3.63, 3.8) is 0 Å². The highest BCUT2D eigenvalue weighted by Gasteiger charge is 2.35. The van der Waals surface area contributed by atoms with E-state index in [2.05, 4.69) is 5.32 Å². The maximum absolute atomic E-state index is 12.1. The minimum Gasteiger partial charge on any atom is -0.481 e. The average Bonchev–Trinajstić information content (AvgIpc) is 2.78. The number of hydrogen-bond donors (Lipinski definition) is 2. The summed E-state index contributed by atoms with van der Waals surface area (Å²) < 4.78 is 5.58. The van der Waals surface area contributed by atoms with Crippen LogP contribution >= 0.6 is 0 Å². The van der Waals surface area contributed by atoms with Crippen LogP contribution in [0.3, 0.4) is 0 Å². The van der Waals surface area contributed by atoms with E-state index in [0.29, 0.717) is 12.8 Å². The third-order valence-corrected chi connectivity index (χ3v) is 3.79. The highest BCUT2D eigenvalue weighted by atomic mass is 16.4. The van der Waals surface area contributed by atoms with Crippen molar-refractivity contribution in [2.45, 2.75) is 25.8 Å². The van der Waals surface area contributed by atoms with E-state index in [1.54, 1.807) is 6.07 Å². The van der Waals surface area contributed by atoms with Crippen molar-refractivity contribution in [3.8, 4) is 0 Å². The van der Waals surface area contributed by atoms with Crippen molar-refractivity contribution in [2.24, 2.45) is 5.92 Å². The summed E-state index contributed by atoms with van der Waals surface area (Å²) in [5.41, 5.74) is 1.70. The number of para-hydroxylation sites is 1. The number of carbonyl (C=O) groups excluding carboxylic acids is 1. The van der Waals surface area contributed by atoms with E-state index in [0.717, 1.165) is 16.5 Å². The second-order valence-corrected chi connectivity index (χ2v) is 5.28. The van der Waals surface area contributed by atoms with Crippen molar-refractivity contribution in [2.75, 3.05) is 0 Å². The zero-order valence-electron chi connectivity index (χ0n) is 11.1. The number of carbonyl (C=O) groups is 2. The lowest BCUT2D eigenvalue weighted by Gasteiger charge is -2.32. The Balaban J connectivity index is 1.71. The number of nitrogens with one attached hydrogen (secondary N) is 1. The van der Waals surface area contributed by atoms with Crippen LogP contribution in [0.2, 0.25) is 0 Å². The van der Waals surface area contributed by atoms with Crippen molar-refractivity contribution in [1.82, 2.24) is 5.32 Å². The maximum Gasteiger partial charge on any atom is 0.306 e. The molecule has 2 N–H and O–H groups in total. The van der Waals surface area contributed by atoms with E-state index >= 15 is 0 Å². The topological polar surface area (TPSA) is 79.5 Å². The van der Waals surface area contributed by atoms with Crippen molar-refractivity contribution < 1.29 is 19.1 Å². The summed E-state index contributed by atoms with van der Waals surface area (Å²) in [6.45, 7) is 1.93. The van der Waals surface area contributed by atoms with Gasteiger partial charge in [-0.25, -0.2) is 0 Å². The molecule has 1 fully saturated rings. The average molecular weight is 273 g/mol. The number of hydrogen-bond acceptors (Lipinski definition) is 3. The van der Waals surface area contributed by atoms with Gasteiger partial charge in [-0.15, -0.1) is 0 Å². The highest BCUT2D eigenvalue weighted by Crippen LogP contribution is 2.28. The van der Waals surface area contributed by atoms with E-state index in [1.807, 2.05) is 25.1 Å². The fourth-order valence-corrected chi connectivity index (χ4v) is 2.51. The maximum atomic E-state index is 12.1. The first kappa shape index (κ1) is 12.7. The summed E-state index contributed by atoms with van der Waals surface area (Å²) >= 11 is 0. The summed E-state index contributed by atoms with van der Waals surface area (Å²) in [7, 11) is 0. The predicted molar refractivity (Wildman–Crippen MR) is 72.6 cm³/mol. The second-order valence-electron chi connectivity index (χ2n) is 5.28. The van der Waals surface area contributed by atoms with Crippen LogP contribution in [0, 0.1) is 12.8 Å². The number of aryl methyl sites for hydroxylation is 1. The summed E-state index contributed by atoms with van der Waals surface area (Å²) in [6, 6.07) is 7.38. The molecule has 0 atom stereocenters. The third-order valence-electron chi connectivity index (χ3n) is 3.79. The van der Waals surface area contributed by atoms with Gasteiger partial charge in [0.25, 0.3) is 5.91 Å². The molecule has 1 aliphatic carbocycles. The van der Waals surface area contributed by atoms with Crippen LogP contribution in [-0.2, 0) is 4.79 Å². The molecule has 0 spiro atoms. The van der Waals surface area contributed by atoms with Crippen LogP contribution in [0.1, 0.15) is 29.0 Å². The minimum absolute atomic E-state index is 0.0714. The van der Waals surface area contributed by atoms with Crippen LogP contribution in [0.5, 0.6) is 0 Å². The molecular weight excluding hydrogens is 258 g/mol. The molecule has 3 rings (SSSR count). The molecule has 0 aliphatic heterocycles. The molecule has 1 aromatic carbocycles. The zero-order valence-corrected chi connectivity index (χ0v) is 11.1. The van der Waals surface area contributed by atoms with Crippen molar-refractivity contribution >= 4 is 22.8 Å². The van der Waals surface area contributed by atoms with Crippen LogP contribution in [-0.4, -0.2) is 23.0 Å². The molecule has 5 heteroatoms. The summed E-state index contributed by atoms with van der Waals surface area (Å²) in [6.07, 6.45) is 0.973. The van der Waals surface area contributed by atoms with Crippen LogP contribution in [0.15, 0.2) is 28.7 Å². The second kappa shape index (κ2) is 4.67. The van der Waals surface area contributed by atoms with Crippen LogP contribution in [0.25, 0.3) is 11.0 Å². The first-order valence-corrected chi connectivity index (χ1v) is 6.57. The number of carboxylic acid groups (broad SMARTS) is 1. The summed E-state index contributed by atoms with van der Waals surface area (Å²) in [5, 5.41) is 12.5. The Morgan fingerprint density at radius 2 is 2.10 bits per heavy atom. The number of furan rings is 1. The summed E-state index contributed by atoms with van der Waals surface area (Å²) in [4.78, 5) is 22.8. The first-order chi connectivity index (χ1) is 9.54. The molecule has 1 aromatic heterocycles. The SMILES string of the molecule is Cc1cccc2cc(C(=O)NC3CC(C(=O)O)C3)oc12. The molecule has 0 unspecified atom stereocenters. The number of amides is 1. The normalized spacial score (nSPS) is 21.4. The lowest BCUT2D eigenvalue weighted by atomic mass is 9.80. The molecule has 2 aromatic rings. The highest BCUT2D eigenvalue weighted by molar-refractivity contribution is 5.96. The number of carboxylic acids is 1. The first-order valence-electron chi connectivity index (χ1n) is 6.57. The Labute approximate surface area is 115 Å². The van der Waals surface area contributed by atoms with Gasteiger partial charge in [-0.05, 0) is 31.4 Å². The molecule has 5 nitrogen and oxygen atoms in total. The van der Waals surface area contributed by atoms with Gasteiger partial charge in [-0.1, -0.05) is 18.2 Å². The lowest BCUT2D eigenvalue weighted by molar-refractivity contribution is -0.145. The Bertz CT molecular complexity index is 682. The largest absolute Gasteiger partial charge is 0.481 e. The monoisotopic (exact) mass is 273 g/mol. The van der Waals surface area contributed by atoms with E-state index in [9.17, 15) is 9.59 Å². The molecule has 104 valence electrons. The Morgan fingerprint density at radius 1 is 1.35 bits per heavy atom. The molecule has 0 saturated heterocycles. The van der Waals surface area contributed by atoms with E-state index in [4.69, 9.17) is 9.52 Å². The molecule has 20 heavy (non-hydrogen) atoms. The predicted octanol–water partition coefficient (Wildman–Crippen LogP) is 2.33. The third kappa shape index (κ3) is 2.15. The van der Waals surface area contributed by atoms with Crippen LogP contribution < -0.4 is 5.32 Å². The molecule has 1 heterocycles. The minimum atomic E-state index is -0.796. The molecule has 1 saturated carbocycles. The van der Waals surface area contributed by atoms with Gasteiger partial charge in [0.15, 0.2) is 5.76 Å². The van der Waals surface area contributed by atoms with Gasteiger partial charge in [-0.3, -0.25) is 9.59 Å². The van der Waals surface area contributed by atoms with E-state index in [-0.39, 0.29) is 23.6 Å². The van der Waals surface area contributed by atoms with Crippen molar-refractivity contribution in [1.29, 1.82) is 0 Å². The Kier molecular flexibility index (Phi) is 2.97. The fraction of sp³-hybridized carbons (Fsp3) is 0.333. The smallest absolute Gasteiger partial charge is 0.306 e. The molecule has 1 aliphatic rings. The van der Waals surface area contributed by atoms with E-state index < -0.39 is 5.97 Å². The molecule has 0 bridgehead atoms. The van der Waals surface area contributed by atoms with Crippen molar-refractivity contribution in [3.05, 3.63) is 35.6 Å². The van der Waals surface area contributed by atoms with Crippen LogP contribution in [0.4, 0.5) is 0 Å². The zero-order chi connectivity index (χ0) is 14.3. The van der Waals surface area contributed by atoms with Gasteiger partial charge >= 0.3 is 5.97 Å². The number of benzene rings is 1.